The number of para-hydroxylation sites is 1. The molecule has 210 valence electrons. The highest BCUT2D eigenvalue weighted by Gasteiger charge is 2.40. The summed E-state index contributed by atoms with van der Waals surface area (Å²) in [5, 5.41) is 16.7. The maximum Gasteiger partial charge on any atom is 0.459 e. The van der Waals surface area contributed by atoms with Gasteiger partial charge < -0.3 is 19.1 Å². The molecule has 3 rings (SSSR count). The Kier molecular flexibility index (Phi) is 10.4. The summed E-state index contributed by atoms with van der Waals surface area (Å²) in [6.07, 6.45) is -0.496. The number of H-pyrrole nitrogens is 1. The largest absolute Gasteiger partial charge is 0.469 e. The van der Waals surface area contributed by atoms with Crippen molar-refractivity contribution in [2.75, 3.05) is 13.2 Å². The summed E-state index contributed by atoms with van der Waals surface area (Å²) < 4.78 is 36.4. The average Bonchev–Trinajstić information content (AvgIpc) is 3.19. The summed E-state index contributed by atoms with van der Waals surface area (Å²) in [5.41, 5.74) is 6.93. The van der Waals surface area contributed by atoms with Crippen molar-refractivity contribution in [3.8, 4) is 5.75 Å². The lowest BCUT2D eigenvalue weighted by Crippen LogP contribution is -2.37. The molecule has 15 nitrogen and oxygen atoms in total. The molecule has 1 aliphatic rings. The second-order valence-electron chi connectivity index (χ2n) is 8.15. The molecule has 1 aromatic heterocycles. The predicted molar refractivity (Wildman–Crippen MR) is 139 cm³/mol. The highest BCUT2D eigenvalue weighted by Crippen LogP contribution is 2.47. The highest BCUT2D eigenvalue weighted by atomic mass is 35.5. The molecule has 39 heavy (non-hydrogen) atoms. The van der Waals surface area contributed by atoms with Gasteiger partial charge in [0.15, 0.2) is 6.10 Å². The van der Waals surface area contributed by atoms with Crippen molar-refractivity contribution < 1.29 is 33.0 Å². The van der Waals surface area contributed by atoms with Gasteiger partial charge in [0.05, 0.1) is 18.2 Å². The Labute approximate surface area is 226 Å². The van der Waals surface area contributed by atoms with Crippen molar-refractivity contribution in [1.82, 2.24) is 14.6 Å². The van der Waals surface area contributed by atoms with Crippen LogP contribution in [0.25, 0.3) is 16.3 Å². The van der Waals surface area contributed by atoms with Crippen molar-refractivity contribution >= 4 is 31.2 Å². The number of hydrogen-bond donors (Lipinski definition) is 3. The third-order valence-corrected chi connectivity index (χ3v) is 7.16. The first kappa shape index (κ1) is 30.0. The number of benzene rings is 1. The summed E-state index contributed by atoms with van der Waals surface area (Å²) in [5.74, 6) is -1.11. The van der Waals surface area contributed by atoms with Crippen LogP contribution in [0.1, 0.15) is 26.7 Å². The zero-order valence-electron chi connectivity index (χ0n) is 20.9. The number of nitrogens with zero attached hydrogens (tertiary/aromatic N) is 4. The Morgan fingerprint density at radius 2 is 2.13 bits per heavy atom. The topological polar surface area (TPSA) is 207 Å². The van der Waals surface area contributed by atoms with E-state index in [1.807, 2.05) is 11.9 Å². The summed E-state index contributed by atoms with van der Waals surface area (Å²) in [6, 6.07) is 5.97. The fourth-order valence-electron chi connectivity index (χ4n) is 3.25. The van der Waals surface area contributed by atoms with E-state index in [4.69, 9.17) is 35.7 Å². The fraction of sp³-hybridized carbons (Fsp3) is 0.409. The van der Waals surface area contributed by atoms with E-state index in [-0.39, 0.29) is 29.0 Å². The third-order valence-electron chi connectivity index (χ3n) is 5.22. The van der Waals surface area contributed by atoms with Crippen LogP contribution in [0.2, 0.25) is 5.02 Å². The van der Waals surface area contributed by atoms with Crippen molar-refractivity contribution in [2.24, 2.45) is 5.11 Å². The molecule has 1 unspecified atom stereocenters. The van der Waals surface area contributed by atoms with Gasteiger partial charge in [0.25, 0.3) is 5.56 Å². The average molecular weight is 585 g/mol. The molecule has 3 N–H and O–H groups in total. The Balaban J connectivity index is 1.83. The lowest BCUT2D eigenvalue weighted by Gasteiger charge is -2.25. The molecule has 4 atom stereocenters. The van der Waals surface area contributed by atoms with E-state index in [9.17, 15) is 24.1 Å². The monoisotopic (exact) mass is 584 g/mol. The molecule has 0 fully saturated rings. The SMILES string of the molecule is CCCCOC(=O)[C@H](C)NP(=O)(OC[C@H]1OC(n2ccc(=O)[nH]c2=O)=C(N=[N+]=[N-])[C@@H]1O)Oc1ccccc1Cl. The molecule has 2 aromatic rings. The second kappa shape index (κ2) is 13.5. The van der Waals surface area contributed by atoms with Crippen LogP contribution in [0, 0.1) is 0 Å². The van der Waals surface area contributed by atoms with Gasteiger partial charge in [0.2, 0.25) is 5.88 Å². The summed E-state index contributed by atoms with van der Waals surface area (Å²) in [4.78, 5) is 40.7. The summed E-state index contributed by atoms with van der Waals surface area (Å²) >= 11 is 6.13. The smallest absolute Gasteiger partial charge is 0.459 e. The summed E-state index contributed by atoms with van der Waals surface area (Å²) in [6.45, 7) is 2.85. The number of aromatic nitrogens is 2. The number of aromatic amines is 1. The van der Waals surface area contributed by atoms with Crippen LogP contribution in [0.15, 0.2) is 56.9 Å². The molecule has 0 aliphatic carbocycles. The lowest BCUT2D eigenvalue weighted by molar-refractivity contribution is -0.145. The summed E-state index contributed by atoms with van der Waals surface area (Å²) in [7, 11) is -4.40. The first-order valence-electron chi connectivity index (χ1n) is 11.7. The molecule has 1 aliphatic heterocycles. The standard InChI is InChI=1S/C22H26ClN6O9P/c1-3-4-11-35-21(32)13(2)27-39(34,38-15-8-6-5-7-14(15)23)36-12-16-19(31)18(26-28-24)20(37-16)29-10-9-17(30)25-22(29)33/h5-10,13,16,19,31H,3-4,11-12H2,1-2H3,(H,27,34)(H,25,30,33)/t13-,16+,19+,39?/m0/s1. The van der Waals surface area contributed by atoms with E-state index >= 15 is 0 Å². The number of carbonyl (C=O) groups is 1. The fourth-order valence-corrected chi connectivity index (χ4v) is 4.99. The first-order chi connectivity index (χ1) is 18.6. The molecule has 0 radical (unpaired) electrons. The van der Waals surface area contributed by atoms with Gasteiger partial charge in [-0.3, -0.25) is 19.1 Å². The number of unbranched alkanes of at least 4 members (excludes halogenated alkanes) is 1. The van der Waals surface area contributed by atoms with Gasteiger partial charge in [0, 0.05) is 17.2 Å². The number of aliphatic hydroxyl groups is 1. The Bertz CT molecular complexity index is 1440. The molecule has 0 spiro atoms. The molecule has 0 amide bonds. The number of rotatable bonds is 13. The van der Waals surface area contributed by atoms with E-state index in [2.05, 4.69) is 15.1 Å². The molecule has 0 saturated carbocycles. The van der Waals surface area contributed by atoms with Gasteiger partial charge in [-0.05, 0) is 31.0 Å². The minimum Gasteiger partial charge on any atom is -0.469 e. The number of azide groups is 1. The van der Waals surface area contributed by atoms with Crippen LogP contribution in [-0.2, 0) is 23.4 Å². The lowest BCUT2D eigenvalue weighted by atomic mass is 10.2. The van der Waals surface area contributed by atoms with Crippen molar-refractivity contribution in [2.45, 2.75) is 44.9 Å². The van der Waals surface area contributed by atoms with Gasteiger partial charge in [-0.2, -0.15) is 5.09 Å². The normalized spacial score (nSPS) is 19.0. The highest BCUT2D eigenvalue weighted by molar-refractivity contribution is 7.52. The van der Waals surface area contributed by atoms with E-state index < -0.39 is 49.8 Å². The minimum atomic E-state index is -4.40. The van der Waals surface area contributed by atoms with Crippen LogP contribution in [0.4, 0.5) is 0 Å². The Morgan fingerprint density at radius 1 is 1.38 bits per heavy atom. The van der Waals surface area contributed by atoms with Crippen LogP contribution in [0.5, 0.6) is 5.75 Å². The van der Waals surface area contributed by atoms with Gasteiger partial charge in [-0.25, -0.2) is 13.9 Å². The van der Waals surface area contributed by atoms with Crippen LogP contribution < -0.4 is 20.9 Å². The van der Waals surface area contributed by atoms with Crippen molar-refractivity contribution in [3.05, 3.63) is 78.5 Å². The Morgan fingerprint density at radius 3 is 2.79 bits per heavy atom. The number of aliphatic hydroxyl groups excluding tert-OH is 1. The van der Waals surface area contributed by atoms with E-state index in [0.717, 1.165) is 23.3 Å². The second-order valence-corrected chi connectivity index (χ2v) is 10.2. The molecular weight excluding hydrogens is 559 g/mol. The van der Waals surface area contributed by atoms with Gasteiger partial charge >= 0.3 is 19.4 Å². The van der Waals surface area contributed by atoms with Crippen molar-refractivity contribution in [3.63, 3.8) is 0 Å². The zero-order valence-corrected chi connectivity index (χ0v) is 22.5. The molecule has 2 heterocycles. The van der Waals surface area contributed by atoms with E-state index in [1.54, 1.807) is 12.1 Å². The minimum absolute atomic E-state index is 0.0252. The predicted octanol–water partition coefficient (Wildman–Crippen LogP) is 2.91. The maximum atomic E-state index is 13.7. The van der Waals surface area contributed by atoms with E-state index in [1.165, 1.54) is 19.1 Å². The number of hydrogen-bond acceptors (Lipinski definition) is 10. The van der Waals surface area contributed by atoms with Crippen LogP contribution >= 0.6 is 19.3 Å². The van der Waals surface area contributed by atoms with Gasteiger partial charge in [-0.1, -0.05) is 42.2 Å². The van der Waals surface area contributed by atoms with Crippen LogP contribution in [-0.4, -0.2) is 52.1 Å². The molecule has 0 bridgehead atoms. The number of ether oxygens (including phenoxy) is 2. The number of halogens is 1. The molecule has 17 heteroatoms. The number of nitrogens with one attached hydrogen (secondary N) is 2. The van der Waals surface area contributed by atoms with Gasteiger partial charge in [-0.15, -0.1) is 0 Å². The molecular formula is C22H26ClN6O9P. The molecule has 0 saturated heterocycles. The van der Waals surface area contributed by atoms with E-state index in [0.29, 0.717) is 6.42 Å². The Hall–Kier alpha value is -3.58. The van der Waals surface area contributed by atoms with Gasteiger partial charge in [0.1, 0.15) is 23.6 Å². The number of esters is 1. The molecule has 1 aromatic carbocycles. The third kappa shape index (κ3) is 7.73. The number of carbonyl (C=O) groups excluding carboxylic acids is 1. The zero-order chi connectivity index (χ0) is 28.6. The quantitative estimate of drug-likeness (QED) is 0.0783. The maximum absolute atomic E-state index is 13.7. The van der Waals surface area contributed by atoms with Crippen LogP contribution in [0.3, 0.4) is 0 Å². The first-order valence-corrected chi connectivity index (χ1v) is 13.6. The van der Waals surface area contributed by atoms with Crippen molar-refractivity contribution in [1.29, 1.82) is 0 Å².